The molecule has 2 aromatic carbocycles. The first-order valence-corrected chi connectivity index (χ1v) is 8.36. The zero-order valence-corrected chi connectivity index (χ0v) is 15.6. The maximum absolute atomic E-state index is 5.57. The van der Waals surface area contributed by atoms with Crippen molar-refractivity contribution in [2.75, 3.05) is 0 Å². The minimum Gasteiger partial charge on any atom is -0.462 e. The second-order valence-corrected chi connectivity index (χ2v) is 8.06. The highest BCUT2D eigenvalue weighted by molar-refractivity contribution is 5.32. The second kappa shape index (κ2) is 7.12. The van der Waals surface area contributed by atoms with Gasteiger partial charge in [-0.1, -0.05) is 65.8 Å². The second-order valence-electron chi connectivity index (χ2n) is 8.06. The quantitative estimate of drug-likeness (QED) is 0.622. The van der Waals surface area contributed by atoms with Crippen molar-refractivity contribution < 1.29 is 9.47 Å². The van der Waals surface area contributed by atoms with Crippen molar-refractivity contribution in [1.29, 1.82) is 0 Å². The molecule has 0 aliphatic carbocycles. The Morgan fingerprint density at radius 3 is 1.08 bits per heavy atom. The summed E-state index contributed by atoms with van der Waals surface area (Å²) in [6.45, 7) is 13.2. The van der Waals surface area contributed by atoms with Gasteiger partial charge in [-0.2, -0.15) is 0 Å². The normalized spacial score (nSPS) is 12.4. The minimum absolute atomic E-state index is 0.150. The van der Waals surface area contributed by atoms with Crippen molar-refractivity contribution in [2.24, 2.45) is 0 Å². The molecule has 0 N–H and O–H groups in total. The third-order valence-electron chi connectivity index (χ3n) is 3.90. The van der Waals surface area contributed by atoms with E-state index in [0.717, 1.165) is 11.5 Å². The van der Waals surface area contributed by atoms with Gasteiger partial charge in [0.2, 0.25) is 0 Å². The number of ether oxygens (including phenoxy) is 2. The van der Waals surface area contributed by atoms with Crippen molar-refractivity contribution in [3.8, 4) is 11.5 Å². The molecule has 0 saturated carbocycles. The fourth-order valence-corrected chi connectivity index (χ4v) is 2.28. The molecule has 0 aliphatic rings. The van der Waals surface area contributed by atoms with Crippen LogP contribution in [0.15, 0.2) is 61.1 Å². The Kier molecular flexibility index (Phi) is 5.38. The van der Waals surface area contributed by atoms with E-state index >= 15 is 0 Å². The van der Waals surface area contributed by atoms with Crippen molar-refractivity contribution in [3.05, 3.63) is 72.2 Å². The van der Waals surface area contributed by atoms with Crippen LogP contribution < -0.4 is 9.47 Å². The lowest BCUT2D eigenvalue weighted by atomic mass is 9.87. The third-order valence-corrected chi connectivity index (χ3v) is 3.90. The topological polar surface area (TPSA) is 18.5 Å². The summed E-state index contributed by atoms with van der Waals surface area (Å²) in [5.41, 5.74) is 2.87. The molecule has 0 unspecified atom stereocenters. The van der Waals surface area contributed by atoms with Crippen LogP contribution in [0.5, 0.6) is 11.5 Å². The largest absolute Gasteiger partial charge is 0.462 e. The average Bonchev–Trinajstić information content (AvgIpc) is 2.51. The van der Waals surface area contributed by atoms with Gasteiger partial charge in [0, 0.05) is 0 Å². The van der Waals surface area contributed by atoms with Crippen LogP contribution in [0.25, 0.3) is 0 Å². The highest BCUT2D eigenvalue weighted by Crippen LogP contribution is 2.25. The summed E-state index contributed by atoms with van der Waals surface area (Å²) in [6, 6.07) is 16.3. The Bertz CT molecular complexity index is 604. The van der Waals surface area contributed by atoms with E-state index in [1.807, 2.05) is 24.3 Å². The van der Waals surface area contributed by atoms with Crippen molar-refractivity contribution in [3.63, 3.8) is 0 Å². The summed E-state index contributed by atoms with van der Waals surface area (Å²) in [4.78, 5) is 0. The van der Waals surface area contributed by atoms with Crippen LogP contribution in [0, 0.1) is 0 Å². The van der Waals surface area contributed by atoms with Crippen molar-refractivity contribution >= 4 is 0 Å². The Morgan fingerprint density at radius 1 is 0.542 bits per heavy atom. The van der Waals surface area contributed by atoms with Crippen LogP contribution in [0.4, 0.5) is 0 Å². The first-order valence-electron chi connectivity index (χ1n) is 8.36. The van der Waals surface area contributed by atoms with Gasteiger partial charge < -0.3 is 9.47 Å². The van der Waals surface area contributed by atoms with E-state index in [2.05, 4.69) is 65.8 Å². The number of hydrogen-bond donors (Lipinski definition) is 0. The van der Waals surface area contributed by atoms with E-state index in [1.165, 1.54) is 11.1 Å². The lowest BCUT2D eigenvalue weighted by Crippen LogP contribution is -2.10. The highest BCUT2D eigenvalue weighted by atomic mass is 16.5. The Hall–Kier alpha value is -2.22. The average molecular weight is 324 g/mol. The Balaban J connectivity index is 1.88. The van der Waals surface area contributed by atoms with Crippen molar-refractivity contribution in [1.82, 2.24) is 0 Å². The molecule has 0 fully saturated rings. The molecule has 0 aliphatic heterocycles. The smallest absolute Gasteiger partial charge is 0.126 e. The van der Waals surface area contributed by atoms with E-state index in [1.54, 1.807) is 12.5 Å². The molecule has 128 valence electrons. The molecule has 2 rings (SSSR count). The lowest BCUT2D eigenvalue weighted by Gasteiger charge is -2.19. The molecule has 0 radical (unpaired) electrons. The fraction of sp³-hybridized carbons (Fsp3) is 0.364. The summed E-state index contributed by atoms with van der Waals surface area (Å²) in [7, 11) is 0. The number of hydrogen-bond acceptors (Lipinski definition) is 2. The predicted octanol–water partition coefficient (Wildman–Crippen LogP) is 6.21. The van der Waals surface area contributed by atoms with Gasteiger partial charge >= 0.3 is 0 Å². The third kappa shape index (κ3) is 5.16. The van der Waals surface area contributed by atoms with E-state index in [-0.39, 0.29) is 10.8 Å². The van der Waals surface area contributed by atoms with Crippen LogP contribution in [0.1, 0.15) is 52.7 Å². The molecule has 2 heteroatoms. The molecule has 24 heavy (non-hydrogen) atoms. The van der Waals surface area contributed by atoms with Gasteiger partial charge in [0.25, 0.3) is 0 Å². The standard InChI is InChI=1S/C22H28O2/c1-21(2,3)17-7-11-19(12-8-17)23-15-16-24-20-13-9-18(10-14-20)22(4,5)6/h7-16H,1-6H3. The molecule has 0 amide bonds. The van der Waals surface area contributed by atoms with Gasteiger partial charge in [0.1, 0.15) is 24.0 Å². The SMILES string of the molecule is CC(C)(C)c1ccc(OC=COc2ccc(C(C)(C)C)cc2)cc1. The number of rotatable bonds is 4. The van der Waals surface area contributed by atoms with Gasteiger partial charge in [0.05, 0.1) is 0 Å². The summed E-state index contributed by atoms with van der Waals surface area (Å²) < 4.78 is 11.1. The molecule has 0 spiro atoms. The van der Waals surface area contributed by atoms with E-state index in [4.69, 9.17) is 9.47 Å². The molecule has 0 heterocycles. The van der Waals surface area contributed by atoms with E-state index in [9.17, 15) is 0 Å². The first kappa shape index (κ1) is 18.1. The summed E-state index contributed by atoms with van der Waals surface area (Å²) >= 11 is 0. The van der Waals surface area contributed by atoms with Gasteiger partial charge in [-0.3, -0.25) is 0 Å². The molecular weight excluding hydrogens is 296 g/mol. The molecule has 2 nitrogen and oxygen atoms in total. The van der Waals surface area contributed by atoms with Crippen LogP contribution in [-0.4, -0.2) is 0 Å². The van der Waals surface area contributed by atoms with Crippen molar-refractivity contribution in [2.45, 2.75) is 52.4 Å². The zero-order chi connectivity index (χ0) is 17.8. The molecule has 2 aromatic rings. The monoisotopic (exact) mass is 324 g/mol. The summed E-state index contributed by atoms with van der Waals surface area (Å²) in [5, 5.41) is 0. The van der Waals surface area contributed by atoms with Crippen LogP contribution in [-0.2, 0) is 10.8 Å². The van der Waals surface area contributed by atoms with E-state index < -0.39 is 0 Å². The summed E-state index contributed by atoms with van der Waals surface area (Å²) in [5.74, 6) is 1.59. The maximum atomic E-state index is 5.57. The molecule has 0 saturated heterocycles. The van der Waals surface area contributed by atoms with Crippen LogP contribution in [0.2, 0.25) is 0 Å². The van der Waals surface area contributed by atoms with Gasteiger partial charge in [-0.25, -0.2) is 0 Å². The lowest BCUT2D eigenvalue weighted by molar-refractivity contribution is 0.421. The Labute approximate surface area is 146 Å². The number of benzene rings is 2. The van der Waals surface area contributed by atoms with Gasteiger partial charge in [-0.15, -0.1) is 0 Å². The molecule has 0 bridgehead atoms. The molecule has 0 aromatic heterocycles. The van der Waals surface area contributed by atoms with Gasteiger partial charge in [0.15, 0.2) is 0 Å². The zero-order valence-electron chi connectivity index (χ0n) is 15.6. The van der Waals surface area contributed by atoms with Crippen LogP contribution in [0.3, 0.4) is 0 Å². The first-order chi connectivity index (χ1) is 11.2. The van der Waals surface area contributed by atoms with E-state index in [0.29, 0.717) is 0 Å². The predicted molar refractivity (Wildman–Crippen MR) is 101 cm³/mol. The molecular formula is C22H28O2. The van der Waals surface area contributed by atoms with Gasteiger partial charge in [-0.05, 0) is 46.2 Å². The maximum Gasteiger partial charge on any atom is 0.126 e. The highest BCUT2D eigenvalue weighted by Gasteiger charge is 2.13. The minimum atomic E-state index is 0.150. The Morgan fingerprint density at radius 2 is 0.833 bits per heavy atom. The van der Waals surface area contributed by atoms with Crippen LogP contribution >= 0.6 is 0 Å². The molecule has 0 atom stereocenters. The fourth-order valence-electron chi connectivity index (χ4n) is 2.28. The summed E-state index contributed by atoms with van der Waals surface area (Å²) in [6.07, 6.45) is 3.12.